The highest BCUT2D eigenvalue weighted by Crippen LogP contribution is 2.48. The fourth-order valence-electron chi connectivity index (χ4n) is 2.34. The van der Waals surface area contributed by atoms with Crippen molar-refractivity contribution in [3.8, 4) is 0 Å². The first-order valence-electron chi connectivity index (χ1n) is 4.25. The van der Waals surface area contributed by atoms with Crippen LogP contribution in [-0.4, -0.2) is 22.3 Å². The van der Waals surface area contributed by atoms with Crippen molar-refractivity contribution in [3.63, 3.8) is 0 Å². The molecule has 0 aromatic carbocycles. The van der Waals surface area contributed by atoms with Gasteiger partial charge in [-0.25, -0.2) is 0 Å². The van der Waals surface area contributed by atoms with Gasteiger partial charge in [-0.15, -0.1) is 0 Å². The molecule has 0 spiro atoms. The monoisotopic (exact) mass is 168 g/mol. The van der Waals surface area contributed by atoms with E-state index in [2.05, 4.69) is 0 Å². The van der Waals surface area contributed by atoms with E-state index in [0.29, 0.717) is 12.8 Å². The molecule has 3 heteroatoms. The molecule has 1 fully saturated rings. The molecule has 66 valence electrons. The van der Waals surface area contributed by atoms with Crippen molar-refractivity contribution >= 4 is 5.97 Å². The molecule has 0 aromatic heterocycles. The Morgan fingerprint density at radius 2 is 2.33 bits per heavy atom. The molecule has 12 heavy (non-hydrogen) atoms. The molecule has 2 rings (SSSR count). The first-order valence-corrected chi connectivity index (χ1v) is 4.25. The van der Waals surface area contributed by atoms with E-state index in [4.69, 9.17) is 5.11 Å². The van der Waals surface area contributed by atoms with Crippen LogP contribution in [0.1, 0.15) is 19.3 Å². The number of carboxylic acid groups (broad SMARTS) is 1. The normalized spacial score (nSPS) is 44.8. The van der Waals surface area contributed by atoms with Crippen LogP contribution >= 0.6 is 0 Å². The number of allylic oxidation sites excluding steroid dienone is 1. The van der Waals surface area contributed by atoms with Crippen LogP contribution in [0.4, 0.5) is 0 Å². The number of hydrogen-bond acceptors (Lipinski definition) is 2. The Kier molecular flexibility index (Phi) is 1.51. The highest BCUT2D eigenvalue weighted by molar-refractivity contribution is 5.76. The molecule has 3 unspecified atom stereocenters. The van der Waals surface area contributed by atoms with E-state index < -0.39 is 17.5 Å². The van der Waals surface area contributed by atoms with Gasteiger partial charge in [-0.05, 0) is 19.3 Å². The van der Waals surface area contributed by atoms with Gasteiger partial charge in [0.15, 0.2) is 0 Å². The van der Waals surface area contributed by atoms with Crippen molar-refractivity contribution in [3.05, 3.63) is 12.2 Å². The third-order valence-corrected chi connectivity index (χ3v) is 3.19. The summed E-state index contributed by atoms with van der Waals surface area (Å²) in [5.74, 6) is -0.767. The van der Waals surface area contributed by atoms with Crippen molar-refractivity contribution in [2.75, 3.05) is 0 Å². The van der Waals surface area contributed by atoms with Gasteiger partial charge in [-0.3, -0.25) is 4.79 Å². The highest BCUT2D eigenvalue weighted by Gasteiger charge is 2.53. The molecule has 0 aromatic rings. The van der Waals surface area contributed by atoms with E-state index in [9.17, 15) is 9.90 Å². The van der Waals surface area contributed by atoms with Crippen LogP contribution in [0.15, 0.2) is 12.2 Å². The lowest BCUT2D eigenvalue weighted by Gasteiger charge is -2.30. The summed E-state index contributed by atoms with van der Waals surface area (Å²) in [5.41, 5.74) is -0.862. The molecule has 0 amide bonds. The first-order chi connectivity index (χ1) is 5.67. The van der Waals surface area contributed by atoms with Gasteiger partial charge in [0.1, 0.15) is 0 Å². The number of hydrogen-bond donors (Lipinski definition) is 2. The van der Waals surface area contributed by atoms with Gasteiger partial charge >= 0.3 is 5.97 Å². The lowest BCUT2D eigenvalue weighted by Crippen LogP contribution is -2.41. The molecule has 2 bridgehead atoms. The summed E-state index contributed by atoms with van der Waals surface area (Å²) >= 11 is 0. The third-order valence-electron chi connectivity index (χ3n) is 3.19. The van der Waals surface area contributed by atoms with Crippen LogP contribution in [0.3, 0.4) is 0 Å². The van der Waals surface area contributed by atoms with E-state index >= 15 is 0 Å². The second-order valence-corrected chi connectivity index (χ2v) is 3.74. The van der Waals surface area contributed by atoms with E-state index in [1.807, 2.05) is 12.2 Å². The van der Waals surface area contributed by atoms with Gasteiger partial charge in [0, 0.05) is 5.92 Å². The second kappa shape index (κ2) is 2.33. The molecule has 3 nitrogen and oxygen atoms in total. The Morgan fingerprint density at radius 3 is 2.92 bits per heavy atom. The molecular weight excluding hydrogens is 156 g/mol. The number of aliphatic hydroxyl groups is 1. The molecule has 3 atom stereocenters. The summed E-state index contributed by atoms with van der Waals surface area (Å²) < 4.78 is 0. The van der Waals surface area contributed by atoms with E-state index in [1.165, 1.54) is 0 Å². The Morgan fingerprint density at radius 1 is 1.58 bits per heavy atom. The van der Waals surface area contributed by atoms with Gasteiger partial charge in [-0.1, -0.05) is 12.2 Å². The smallest absolute Gasteiger partial charge is 0.312 e. The Labute approximate surface area is 70.7 Å². The topological polar surface area (TPSA) is 57.5 Å². The summed E-state index contributed by atoms with van der Waals surface area (Å²) in [5, 5.41) is 18.7. The van der Waals surface area contributed by atoms with E-state index in [1.54, 1.807) is 0 Å². The number of aliphatic carboxylic acids is 1. The molecule has 0 aliphatic heterocycles. The molecule has 0 radical (unpaired) electrons. The molecule has 0 heterocycles. The lowest BCUT2D eigenvalue weighted by molar-refractivity contribution is -0.155. The fourth-order valence-corrected chi connectivity index (χ4v) is 2.34. The zero-order chi connectivity index (χ0) is 8.77. The van der Waals surface area contributed by atoms with Gasteiger partial charge in [0.05, 0.1) is 11.5 Å². The summed E-state index contributed by atoms with van der Waals surface area (Å²) in [4.78, 5) is 11.0. The molecule has 2 N–H and O–H groups in total. The maximum atomic E-state index is 11.0. The molecule has 1 saturated carbocycles. The maximum Gasteiger partial charge on any atom is 0.312 e. The largest absolute Gasteiger partial charge is 0.481 e. The number of rotatable bonds is 1. The molecule has 2 aliphatic carbocycles. The quantitative estimate of drug-likeness (QED) is 0.569. The van der Waals surface area contributed by atoms with Crippen molar-refractivity contribution in [1.29, 1.82) is 0 Å². The predicted molar refractivity (Wildman–Crippen MR) is 42.6 cm³/mol. The van der Waals surface area contributed by atoms with E-state index in [0.717, 1.165) is 6.42 Å². The zero-order valence-electron chi connectivity index (χ0n) is 6.73. The number of fused-ring (bicyclic) bond motifs is 2. The Bertz CT molecular complexity index is 246. The van der Waals surface area contributed by atoms with Crippen LogP contribution in [0.2, 0.25) is 0 Å². The average Bonchev–Trinajstić information content (AvgIpc) is 2.28. The molecule has 2 aliphatic rings. The number of carbonyl (C=O) groups is 1. The minimum Gasteiger partial charge on any atom is -0.481 e. The standard InChI is InChI=1S/C9H12O3/c10-7-6-2-1-4-9(7,5-3-6)8(11)12/h1-2,6-7,10H,3-5H2,(H,11,12). The van der Waals surface area contributed by atoms with Gasteiger partial charge in [-0.2, -0.15) is 0 Å². The van der Waals surface area contributed by atoms with Crippen molar-refractivity contribution in [1.82, 2.24) is 0 Å². The molecule has 0 saturated heterocycles. The van der Waals surface area contributed by atoms with Gasteiger partial charge in [0.2, 0.25) is 0 Å². The van der Waals surface area contributed by atoms with Crippen molar-refractivity contribution in [2.24, 2.45) is 11.3 Å². The summed E-state index contributed by atoms with van der Waals surface area (Å²) in [6.45, 7) is 0. The van der Waals surface area contributed by atoms with Gasteiger partial charge < -0.3 is 10.2 Å². The Balaban J connectivity index is 2.37. The lowest BCUT2D eigenvalue weighted by atomic mass is 9.76. The maximum absolute atomic E-state index is 11.0. The van der Waals surface area contributed by atoms with E-state index in [-0.39, 0.29) is 5.92 Å². The number of aliphatic hydroxyl groups excluding tert-OH is 1. The highest BCUT2D eigenvalue weighted by atomic mass is 16.4. The van der Waals surface area contributed by atoms with Crippen LogP contribution in [0.25, 0.3) is 0 Å². The zero-order valence-corrected chi connectivity index (χ0v) is 6.73. The predicted octanol–water partition coefficient (Wildman–Crippen LogP) is 0.788. The SMILES string of the molecule is O=C(O)C12CC=CC(CC1)C2O. The van der Waals surface area contributed by atoms with Crippen molar-refractivity contribution in [2.45, 2.75) is 25.4 Å². The van der Waals surface area contributed by atoms with Crippen LogP contribution < -0.4 is 0 Å². The summed E-state index contributed by atoms with van der Waals surface area (Å²) in [6, 6.07) is 0. The van der Waals surface area contributed by atoms with Crippen LogP contribution in [0.5, 0.6) is 0 Å². The average molecular weight is 168 g/mol. The summed E-state index contributed by atoms with van der Waals surface area (Å²) in [6.07, 6.45) is 5.07. The first kappa shape index (κ1) is 7.80. The Hall–Kier alpha value is -0.830. The van der Waals surface area contributed by atoms with Crippen LogP contribution in [-0.2, 0) is 4.79 Å². The summed E-state index contributed by atoms with van der Waals surface area (Å²) in [7, 11) is 0. The third kappa shape index (κ3) is 0.771. The van der Waals surface area contributed by atoms with Gasteiger partial charge in [0.25, 0.3) is 0 Å². The minimum absolute atomic E-state index is 0.0786. The minimum atomic E-state index is -0.862. The van der Waals surface area contributed by atoms with Crippen molar-refractivity contribution < 1.29 is 15.0 Å². The second-order valence-electron chi connectivity index (χ2n) is 3.74. The van der Waals surface area contributed by atoms with Crippen LogP contribution in [0, 0.1) is 11.3 Å². The molecular formula is C9H12O3. The fraction of sp³-hybridized carbons (Fsp3) is 0.667. The number of carboxylic acids is 1.